The van der Waals surface area contributed by atoms with E-state index in [1.165, 1.54) is 19.4 Å². The number of aryl methyl sites for hydroxylation is 1. The molecule has 9 heteroatoms. The second kappa shape index (κ2) is 8.03. The molecule has 0 bridgehead atoms. The Morgan fingerprint density at radius 1 is 1.21 bits per heavy atom. The van der Waals surface area contributed by atoms with Gasteiger partial charge in [0.2, 0.25) is 5.89 Å². The van der Waals surface area contributed by atoms with Crippen molar-refractivity contribution in [3.05, 3.63) is 65.6 Å². The zero-order valence-corrected chi connectivity index (χ0v) is 15.4. The first-order valence-electron chi connectivity index (χ1n) is 8.36. The number of hydrogen-bond acceptors (Lipinski definition) is 6. The monoisotopic (exact) mass is 388 g/mol. The van der Waals surface area contributed by atoms with Crippen LogP contribution in [-0.2, 0) is 0 Å². The van der Waals surface area contributed by atoms with E-state index in [-0.39, 0.29) is 17.1 Å². The Morgan fingerprint density at radius 2 is 1.93 bits per heavy atom. The lowest BCUT2D eigenvalue weighted by Crippen LogP contribution is -2.28. The Bertz CT molecular complexity index is 986. The van der Waals surface area contributed by atoms with Crippen LogP contribution in [0.4, 0.5) is 20.2 Å². The standard InChI is InChI=1S/C19H18F2N4O3/c1-10-9-23-19(28-10)11(2)24-18(26)16-17(27-3)15(4-5-22-16)25-14-7-12(20)6-13(21)8-14/h4-9,11H,1-3H3,(H,22,25)(H,24,26). The van der Waals surface area contributed by atoms with E-state index in [9.17, 15) is 13.6 Å². The molecule has 0 fully saturated rings. The Hall–Kier alpha value is -3.49. The van der Waals surface area contributed by atoms with Crippen LogP contribution in [0.2, 0.25) is 0 Å². The Morgan fingerprint density at radius 3 is 2.54 bits per heavy atom. The number of amides is 1. The number of nitrogens with zero attached hydrogens (tertiary/aromatic N) is 2. The molecule has 2 N–H and O–H groups in total. The first kappa shape index (κ1) is 19.3. The number of carbonyl (C=O) groups excluding carboxylic acids is 1. The molecule has 0 aliphatic carbocycles. The van der Waals surface area contributed by atoms with Crippen LogP contribution in [0.15, 0.2) is 41.1 Å². The Labute approximate surface area is 159 Å². The molecule has 28 heavy (non-hydrogen) atoms. The van der Waals surface area contributed by atoms with E-state index in [2.05, 4.69) is 20.6 Å². The number of anilines is 2. The summed E-state index contributed by atoms with van der Waals surface area (Å²) in [5.74, 6) is -0.878. The molecule has 146 valence electrons. The van der Waals surface area contributed by atoms with Crippen molar-refractivity contribution in [2.24, 2.45) is 0 Å². The van der Waals surface area contributed by atoms with Crippen molar-refractivity contribution >= 4 is 17.3 Å². The van der Waals surface area contributed by atoms with Crippen LogP contribution in [0, 0.1) is 18.6 Å². The predicted octanol–water partition coefficient (Wildman–Crippen LogP) is 3.90. The lowest BCUT2D eigenvalue weighted by Gasteiger charge is -2.16. The summed E-state index contributed by atoms with van der Waals surface area (Å²) >= 11 is 0. The number of hydrogen-bond donors (Lipinski definition) is 2. The third-order valence-electron chi connectivity index (χ3n) is 3.82. The van der Waals surface area contributed by atoms with Gasteiger partial charge in [0.25, 0.3) is 5.91 Å². The Kier molecular flexibility index (Phi) is 5.53. The smallest absolute Gasteiger partial charge is 0.274 e. The summed E-state index contributed by atoms with van der Waals surface area (Å²) in [7, 11) is 1.37. The van der Waals surface area contributed by atoms with Gasteiger partial charge in [-0.25, -0.2) is 18.7 Å². The van der Waals surface area contributed by atoms with Crippen LogP contribution in [0.5, 0.6) is 5.75 Å². The van der Waals surface area contributed by atoms with E-state index in [0.29, 0.717) is 17.3 Å². The molecule has 0 saturated heterocycles. The molecule has 1 atom stereocenters. The number of oxazole rings is 1. The third-order valence-corrected chi connectivity index (χ3v) is 3.82. The second-order valence-corrected chi connectivity index (χ2v) is 6.03. The third kappa shape index (κ3) is 4.25. The summed E-state index contributed by atoms with van der Waals surface area (Å²) in [6.45, 7) is 3.47. The summed E-state index contributed by atoms with van der Waals surface area (Å²) in [5, 5.41) is 5.56. The van der Waals surface area contributed by atoms with E-state index in [1.807, 2.05) is 0 Å². The highest BCUT2D eigenvalue weighted by Gasteiger charge is 2.22. The molecule has 1 amide bonds. The molecular weight excluding hydrogens is 370 g/mol. The molecule has 0 spiro atoms. The first-order chi connectivity index (χ1) is 13.4. The molecule has 2 heterocycles. The van der Waals surface area contributed by atoms with Crippen LogP contribution >= 0.6 is 0 Å². The number of benzene rings is 1. The van der Waals surface area contributed by atoms with Gasteiger partial charge in [-0.3, -0.25) is 4.79 Å². The highest BCUT2D eigenvalue weighted by atomic mass is 19.1. The first-order valence-corrected chi connectivity index (χ1v) is 8.36. The Balaban J connectivity index is 1.85. The molecular formula is C19H18F2N4O3. The van der Waals surface area contributed by atoms with Crippen molar-refractivity contribution in [1.29, 1.82) is 0 Å². The van der Waals surface area contributed by atoms with Crippen molar-refractivity contribution in [3.63, 3.8) is 0 Å². The van der Waals surface area contributed by atoms with Crippen LogP contribution < -0.4 is 15.4 Å². The van der Waals surface area contributed by atoms with E-state index in [0.717, 1.165) is 18.2 Å². The molecule has 0 aliphatic heterocycles. The molecule has 0 saturated carbocycles. The summed E-state index contributed by atoms with van der Waals surface area (Å²) < 4.78 is 37.6. The maximum absolute atomic E-state index is 13.4. The highest BCUT2D eigenvalue weighted by molar-refractivity contribution is 5.97. The molecule has 3 aromatic rings. The number of ether oxygens (including phenoxy) is 1. The molecule has 0 aliphatic rings. The summed E-state index contributed by atoms with van der Waals surface area (Å²) in [6, 6.07) is 4.03. The predicted molar refractivity (Wildman–Crippen MR) is 97.6 cm³/mol. The molecule has 1 aromatic carbocycles. The average molecular weight is 388 g/mol. The number of nitrogens with one attached hydrogen (secondary N) is 2. The molecule has 3 rings (SSSR count). The zero-order chi connectivity index (χ0) is 20.3. The minimum Gasteiger partial charge on any atom is -0.492 e. The van der Waals surface area contributed by atoms with E-state index in [1.54, 1.807) is 20.0 Å². The van der Waals surface area contributed by atoms with Gasteiger partial charge in [0.15, 0.2) is 11.4 Å². The van der Waals surface area contributed by atoms with E-state index >= 15 is 0 Å². The highest BCUT2D eigenvalue weighted by Crippen LogP contribution is 2.30. The lowest BCUT2D eigenvalue weighted by molar-refractivity contribution is 0.0925. The van der Waals surface area contributed by atoms with Crippen LogP contribution in [-0.4, -0.2) is 23.0 Å². The van der Waals surface area contributed by atoms with Gasteiger partial charge >= 0.3 is 0 Å². The van der Waals surface area contributed by atoms with Gasteiger partial charge in [0, 0.05) is 18.0 Å². The maximum atomic E-state index is 13.4. The largest absolute Gasteiger partial charge is 0.492 e. The zero-order valence-electron chi connectivity index (χ0n) is 15.4. The molecule has 1 unspecified atom stereocenters. The maximum Gasteiger partial charge on any atom is 0.274 e. The SMILES string of the molecule is COc1c(Nc2cc(F)cc(F)c2)ccnc1C(=O)NC(C)c1ncc(C)o1. The minimum absolute atomic E-state index is 0.000460. The molecule has 2 aromatic heterocycles. The van der Waals surface area contributed by atoms with Crippen LogP contribution in [0.1, 0.15) is 35.1 Å². The fraction of sp³-hybridized carbons (Fsp3) is 0.211. The number of rotatable bonds is 6. The van der Waals surface area contributed by atoms with E-state index < -0.39 is 23.6 Å². The number of halogens is 2. The van der Waals surface area contributed by atoms with Crippen LogP contribution in [0.3, 0.4) is 0 Å². The number of methoxy groups -OCH3 is 1. The van der Waals surface area contributed by atoms with Crippen LogP contribution in [0.25, 0.3) is 0 Å². The van der Waals surface area contributed by atoms with Gasteiger partial charge < -0.3 is 19.8 Å². The van der Waals surface area contributed by atoms with Gasteiger partial charge in [-0.2, -0.15) is 0 Å². The van der Waals surface area contributed by atoms with Gasteiger partial charge in [-0.05, 0) is 32.0 Å². The van der Waals surface area contributed by atoms with Crippen molar-refractivity contribution < 1.29 is 22.7 Å². The van der Waals surface area contributed by atoms with Gasteiger partial charge in [0.05, 0.1) is 19.0 Å². The van der Waals surface area contributed by atoms with Crippen molar-refractivity contribution in [2.75, 3.05) is 12.4 Å². The number of pyridine rings is 1. The summed E-state index contributed by atoms with van der Waals surface area (Å²) in [5.41, 5.74) is 0.490. The molecule has 7 nitrogen and oxygen atoms in total. The van der Waals surface area contributed by atoms with Gasteiger partial charge in [-0.15, -0.1) is 0 Å². The summed E-state index contributed by atoms with van der Waals surface area (Å²) in [4.78, 5) is 20.8. The average Bonchev–Trinajstić information content (AvgIpc) is 3.07. The quantitative estimate of drug-likeness (QED) is 0.666. The lowest BCUT2D eigenvalue weighted by atomic mass is 10.2. The van der Waals surface area contributed by atoms with Crippen molar-refractivity contribution in [2.45, 2.75) is 19.9 Å². The number of aromatic nitrogens is 2. The summed E-state index contributed by atoms with van der Waals surface area (Å²) in [6.07, 6.45) is 2.94. The van der Waals surface area contributed by atoms with Gasteiger partial charge in [-0.1, -0.05) is 0 Å². The van der Waals surface area contributed by atoms with Crippen molar-refractivity contribution in [3.8, 4) is 5.75 Å². The topological polar surface area (TPSA) is 89.3 Å². The fourth-order valence-corrected chi connectivity index (χ4v) is 2.60. The second-order valence-electron chi connectivity index (χ2n) is 6.03. The fourth-order valence-electron chi connectivity index (χ4n) is 2.60. The normalized spacial score (nSPS) is 11.8. The number of carbonyl (C=O) groups is 1. The van der Waals surface area contributed by atoms with Gasteiger partial charge in [0.1, 0.15) is 23.4 Å². The van der Waals surface area contributed by atoms with Crippen molar-refractivity contribution in [1.82, 2.24) is 15.3 Å². The minimum atomic E-state index is -0.733. The van der Waals surface area contributed by atoms with E-state index in [4.69, 9.17) is 9.15 Å². The molecule has 0 radical (unpaired) electrons.